The topological polar surface area (TPSA) is 26.0 Å². The van der Waals surface area contributed by atoms with Gasteiger partial charge in [0.25, 0.3) is 0 Å². The maximum Gasteiger partial charge on any atom is 0.00388 e. The monoisotopic (exact) mass is 279 g/mol. The average molecular weight is 280 g/mol. The first-order valence-corrected chi connectivity index (χ1v) is 9.60. The van der Waals surface area contributed by atoms with E-state index in [9.17, 15) is 0 Å². The van der Waals surface area contributed by atoms with Gasteiger partial charge in [0.15, 0.2) is 0 Å². The molecule has 0 bridgehead atoms. The molecule has 2 N–H and O–H groups in total. The highest BCUT2D eigenvalue weighted by atomic mass is 14.6. The molecular weight excluding hydrogens is 242 g/mol. The van der Waals surface area contributed by atoms with Crippen LogP contribution in [0.4, 0.5) is 0 Å². The lowest BCUT2D eigenvalue weighted by Crippen LogP contribution is -2.19. The van der Waals surface area contributed by atoms with E-state index in [1.165, 1.54) is 103 Å². The van der Waals surface area contributed by atoms with Crippen LogP contribution in [0.3, 0.4) is 0 Å². The van der Waals surface area contributed by atoms with Gasteiger partial charge in [-0.15, -0.1) is 0 Å². The molecular formula is C19H37N. The third-order valence-corrected chi connectivity index (χ3v) is 5.77. The third kappa shape index (κ3) is 6.61. The molecule has 2 fully saturated rings. The molecule has 2 saturated carbocycles. The van der Waals surface area contributed by atoms with Crippen LogP contribution in [-0.4, -0.2) is 6.04 Å². The summed E-state index contributed by atoms with van der Waals surface area (Å²) in [6.45, 7) is 0. The fourth-order valence-corrected chi connectivity index (χ4v) is 4.46. The van der Waals surface area contributed by atoms with Crippen LogP contribution >= 0.6 is 0 Å². The zero-order valence-electron chi connectivity index (χ0n) is 13.6. The van der Waals surface area contributed by atoms with Gasteiger partial charge in [-0.1, -0.05) is 83.5 Å². The van der Waals surface area contributed by atoms with Crippen molar-refractivity contribution < 1.29 is 0 Å². The fourth-order valence-electron chi connectivity index (χ4n) is 4.46. The van der Waals surface area contributed by atoms with Gasteiger partial charge in [-0.2, -0.15) is 0 Å². The van der Waals surface area contributed by atoms with Crippen LogP contribution < -0.4 is 5.73 Å². The van der Waals surface area contributed by atoms with Gasteiger partial charge in [-0.05, 0) is 31.1 Å². The first-order valence-electron chi connectivity index (χ1n) is 9.60. The van der Waals surface area contributed by atoms with Crippen molar-refractivity contribution in [3.8, 4) is 0 Å². The largest absolute Gasteiger partial charge is 0.328 e. The molecule has 2 rings (SSSR count). The van der Waals surface area contributed by atoms with E-state index in [1.807, 2.05) is 0 Å². The van der Waals surface area contributed by atoms with Gasteiger partial charge >= 0.3 is 0 Å². The van der Waals surface area contributed by atoms with Crippen LogP contribution in [0, 0.1) is 11.8 Å². The summed E-state index contributed by atoms with van der Waals surface area (Å²) >= 11 is 0. The van der Waals surface area contributed by atoms with Crippen LogP contribution in [0.15, 0.2) is 0 Å². The molecule has 0 aromatic rings. The minimum atomic E-state index is 0.499. The fraction of sp³-hybridized carbons (Fsp3) is 1.00. The average Bonchev–Trinajstić information content (AvgIpc) is 2.62. The lowest BCUT2D eigenvalue weighted by molar-refractivity contribution is 0.293. The Morgan fingerprint density at radius 3 is 1.55 bits per heavy atom. The minimum absolute atomic E-state index is 0.499. The normalized spacial score (nSPS) is 32.2. The Morgan fingerprint density at radius 2 is 0.900 bits per heavy atom. The number of hydrogen-bond donors (Lipinski definition) is 1. The second-order valence-electron chi connectivity index (χ2n) is 7.64. The van der Waals surface area contributed by atoms with Gasteiger partial charge in [-0.25, -0.2) is 0 Å². The van der Waals surface area contributed by atoms with E-state index < -0.39 is 0 Å². The molecule has 2 aliphatic carbocycles. The molecule has 0 saturated heterocycles. The molecule has 1 heteroatoms. The molecule has 0 heterocycles. The molecule has 2 atom stereocenters. The molecule has 2 unspecified atom stereocenters. The lowest BCUT2D eigenvalue weighted by atomic mass is 9.83. The number of nitrogens with two attached hydrogens (primary N) is 1. The molecule has 0 amide bonds. The van der Waals surface area contributed by atoms with Crippen molar-refractivity contribution in [3.05, 3.63) is 0 Å². The molecule has 20 heavy (non-hydrogen) atoms. The predicted octanol–water partition coefficient (Wildman–Crippen LogP) is 5.81. The van der Waals surface area contributed by atoms with Crippen molar-refractivity contribution in [2.24, 2.45) is 17.6 Å². The van der Waals surface area contributed by atoms with E-state index in [2.05, 4.69) is 0 Å². The summed E-state index contributed by atoms with van der Waals surface area (Å²) in [5.41, 5.74) is 6.16. The Morgan fingerprint density at radius 1 is 0.500 bits per heavy atom. The van der Waals surface area contributed by atoms with Crippen LogP contribution in [0.2, 0.25) is 0 Å². The van der Waals surface area contributed by atoms with Gasteiger partial charge in [0, 0.05) is 6.04 Å². The van der Waals surface area contributed by atoms with Crippen LogP contribution in [0.1, 0.15) is 103 Å². The first-order chi connectivity index (χ1) is 9.84. The highest BCUT2D eigenvalue weighted by Crippen LogP contribution is 2.32. The molecule has 0 aromatic carbocycles. The van der Waals surface area contributed by atoms with Crippen LogP contribution in [-0.2, 0) is 0 Å². The molecule has 1 nitrogen and oxygen atoms in total. The van der Waals surface area contributed by atoms with Crippen molar-refractivity contribution in [1.82, 2.24) is 0 Å². The standard InChI is InChI=1S/C19H37N/c20-19-14-8-7-12-18(13-9-15-19)16-17-10-5-3-1-2-4-6-11-17/h17-19H,1-16,20H2. The van der Waals surface area contributed by atoms with Crippen LogP contribution in [0.25, 0.3) is 0 Å². The summed E-state index contributed by atoms with van der Waals surface area (Å²) < 4.78 is 0. The van der Waals surface area contributed by atoms with Gasteiger partial charge < -0.3 is 5.73 Å². The summed E-state index contributed by atoms with van der Waals surface area (Å²) in [6.07, 6.45) is 23.3. The second kappa shape index (κ2) is 9.82. The Balaban J connectivity index is 1.76. The highest BCUT2D eigenvalue weighted by molar-refractivity contribution is 4.73. The molecule has 118 valence electrons. The van der Waals surface area contributed by atoms with Gasteiger partial charge in [-0.3, -0.25) is 0 Å². The Kier molecular flexibility index (Phi) is 8.02. The summed E-state index contributed by atoms with van der Waals surface area (Å²) in [4.78, 5) is 0. The maximum absolute atomic E-state index is 6.16. The molecule has 0 radical (unpaired) electrons. The van der Waals surface area contributed by atoms with Gasteiger partial charge in [0.05, 0.1) is 0 Å². The minimum Gasteiger partial charge on any atom is -0.328 e. The van der Waals surface area contributed by atoms with Crippen molar-refractivity contribution in [2.45, 2.75) is 109 Å². The lowest BCUT2D eigenvalue weighted by Gasteiger charge is -2.23. The summed E-state index contributed by atoms with van der Waals surface area (Å²) in [6, 6.07) is 0.499. The van der Waals surface area contributed by atoms with Crippen LogP contribution in [0.5, 0.6) is 0 Å². The second-order valence-corrected chi connectivity index (χ2v) is 7.64. The van der Waals surface area contributed by atoms with Crippen molar-refractivity contribution in [2.75, 3.05) is 0 Å². The van der Waals surface area contributed by atoms with E-state index in [4.69, 9.17) is 5.73 Å². The zero-order valence-corrected chi connectivity index (χ0v) is 13.6. The maximum atomic E-state index is 6.16. The Hall–Kier alpha value is -0.0400. The molecule has 0 spiro atoms. The van der Waals surface area contributed by atoms with Crippen molar-refractivity contribution >= 4 is 0 Å². The van der Waals surface area contributed by atoms with Gasteiger partial charge in [0.1, 0.15) is 0 Å². The smallest absolute Gasteiger partial charge is 0.00388 e. The van der Waals surface area contributed by atoms with E-state index in [0.717, 1.165) is 11.8 Å². The quantitative estimate of drug-likeness (QED) is 0.677. The predicted molar refractivity (Wildman–Crippen MR) is 88.8 cm³/mol. The van der Waals surface area contributed by atoms with Crippen molar-refractivity contribution in [1.29, 1.82) is 0 Å². The number of hydrogen-bond acceptors (Lipinski definition) is 1. The zero-order chi connectivity index (χ0) is 14.0. The third-order valence-electron chi connectivity index (χ3n) is 5.77. The number of rotatable bonds is 2. The van der Waals surface area contributed by atoms with E-state index >= 15 is 0 Å². The van der Waals surface area contributed by atoms with Gasteiger partial charge in [0.2, 0.25) is 0 Å². The Bertz CT molecular complexity index is 228. The Labute approximate surface area is 127 Å². The molecule has 0 aromatic heterocycles. The summed E-state index contributed by atoms with van der Waals surface area (Å²) in [5, 5.41) is 0. The first kappa shape index (κ1) is 16.3. The van der Waals surface area contributed by atoms with E-state index in [1.54, 1.807) is 0 Å². The summed E-state index contributed by atoms with van der Waals surface area (Å²) in [5.74, 6) is 2.07. The summed E-state index contributed by atoms with van der Waals surface area (Å²) in [7, 11) is 0. The van der Waals surface area contributed by atoms with E-state index in [0.29, 0.717) is 6.04 Å². The molecule has 0 aliphatic heterocycles. The van der Waals surface area contributed by atoms with E-state index in [-0.39, 0.29) is 0 Å². The SMILES string of the molecule is NC1CCCCC(CC2CCCCCCCC2)CCC1. The van der Waals surface area contributed by atoms with Crippen molar-refractivity contribution in [3.63, 3.8) is 0 Å². The molecule has 2 aliphatic rings. The highest BCUT2D eigenvalue weighted by Gasteiger charge is 2.18.